The maximum atomic E-state index is 12.1. The highest BCUT2D eigenvalue weighted by molar-refractivity contribution is 5.77. The van der Waals surface area contributed by atoms with Crippen LogP contribution in [-0.4, -0.2) is 47.3 Å². The van der Waals surface area contributed by atoms with Crippen LogP contribution in [0.4, 0.5) is 0 Å². The van der Waals surface area contributed by atoms with Gasteiger partial charge >= 0.3 is 0 Å². The van der Waals surface area contributed by atoms with Crippen LogP contribution in [0.25, 0.3) is 0 Å². The molecule has 21 heavy (non-hydrogen) atoms. The summed E-state index contributed by atoms with van der Waals surface area (Å²) in [5, 5.41) is 7.30. The number of unbranched alkanes of at least 4 members (excludes halogenated alkanes) is 1. The minimum atomic E-state index is 0.130. The summed E-state index contributed by atoms with van der Waals surface area (Å²) in [5.74, 6) is 0.636. The van der Waals surface area contributed by atoms with Gasteiger partial charge in [0.1, 0.15) is 6.61 Å². The van der Waals surface area contributed by atoms with Crippen molar-refractivity contribution in [2.24, 2.45) is 0 Å². The number of nitrogens with one attached hydrogen (secondary N) is 1. The Kier molecular flexibility index (Phi) is 6.23. The largest absolute Gasteiger partial charge is 0.372 e. The highest BCUT2D eigenvalue weighted by Crippen LogP contribution is 2.29. The Morgan fingerprint density at radius 1 is 1.43 bits per heavy atom. The van der Waals surface area contributed by atoms with Gasteiger partial charge in [0.2, 0.25) is 5.91 Å². The van der Waals surface area contributed by atoms with Crippen molar-refractivity contribution in [3.05, 3.63) is 17.5 Å². The number of hydrogen-bond donors (Lipinski definition) is 1. The highest BCUT2D eigenvalue weighted by Gasteiger charge is 2.25. The van der Waals surface area contributed by atoms with Crippen molar-refractivity contribution in [3.8, 4) is 0 Å². The number of aromatic amines is 1. The fraction of sp³-hybridized carbons (Fsp3) is 0.750. The second-order valence-electron chi connectivity index (χ2n) is 5.72. The summed E-state index contributed by atoms with van der Waals surface area (Å²) >= 11 is 0. The molecule has 0 bridgehead atoms. The number of H-pyrrole nitrogens is 1. The number of hydrogen-bond acceptors (Lipinski definition) is 3. The number of aromatic nitrogens is 2. The minimum Gasteiger partial charge on any atom is -0.372 e. The Bertz CT molecular complexity index is 436. The SMILES string of the molecule is CCCCOCC(=O)N1CCC(c2[nH]ncc2CC)CC1. The molecule has 1 aliphatic heterocycles. The van der Waals surface area contributed by atoms with Gasteiger partial charge in [0.05, 0.1) is 6.20 Å². The van der Waals surface area contributed by atoms with Crippen LogP contribution in [0.5, 0.6) is 0 Å². The van der Waals surface area contributed by atoms with Crippen LogP contribution < -0.4 is 0 Å². The summed E-state index contributed by atoms with van der Waals surface area (Å²) in [6.45, 7) is 6.84. The zero-order valence-electron chi connectivity index (χ0n) is 13.2. The smallest absolute Gasteiger partial charge is 0.248 e. The first kappa shape index (κ1) is 16.0. The quantitative estimate of drug-likeness (QED) is 0.786. The number of ether oxygens (including phenoxy) is 1. The number of rotatable bonds is 7. The number of carbonyl (C=O) groups excluding carboxylic acids is 1. The Morgan fingerprint density at radius 2 is 2.19 bits per heavy atom. The lowest BCUT2D eigenvalue weighted by Crippen LogP contribution is -2.40. The zero-order chi connectivity index (χ0) is 15.1. The van der Waals surface area contributed by atoms with E-state index < -0.39 is 0 Å². The van der Waals surface area contributed by atoms with E-state index in [1.54, 1.807) is 0 Å². The topological polar surface area (TPSA) is 58.2 Å². The average Bonchev–Trinajstić information content (AvgIpc) is 3.00. The molecule has 1 N–H and O–H groups in total. The maximum Gasteiger partial charge on any atom is 0.248 e. The summed E-state index contributed by atoms with van der Waals surface area (Å²) in [6.07, 6.45) is 7.08. The molecule has 5 nitrogen and oxygen atoms in total. The highest BCUT2D eigenvalue weighted by atomic mass is 16.5. The van der Waals surface area contributed by atoms with Gasteiger partial charge in [0, 0.05) is 31.3 Å². The molecule has 1 aliphatic rings. The molecular formula is C16H27N3O2. The third kappa shape index (κ3) is 4.30. The monoisotopic (exact) mass is 293 g/mol. The fourth-order valence-electron chi connectivity index (χ4n) is 2.87. The van der Waals surface area contributed by atoms with Gasteiger partial charge in [-0.25, -0.2) is 0 Å². The normalized spacial score (nSPS) is 16.4. The number of piperidine rings is 1. The first-order valence-electron chi connectivity index (χ1n) is 8.13. The van der Waals surface area contributed by atoms with Gasteiger partial charge in [-0.1, -0.05) is 20.3 Å². The molecule has 1 saturated heterocycles. The lowest BCUT2D eigenvalue weighted by Gasteiger charge is -2.32. The predicted molar refractivity (Wildman–Crippen MR) is 82.2 cm³/mol. The van der Waals surface area contributed by atoms with Crippen molar-refractivity contribution in [1.82, 2.24) is 15.1 Å². The van der Waals surface area contributed by atoms with Crippen LogP contribution in [0.1, 0.15) is 56.7 Å². The van der Waals surface area contributed by atoms with E-state index in [0.717, 1.165) is 45.2 Å². The minimum absolute atomic E-state index is 0.130. The van der Waals surface area contributed by atoms with Crippen molar-refractivity contribution in [3.63, 3.8) is 0 Å². The molecule has 0 aliphatic carbocycles. The Hall–Kier alpha value is -1.36. The van der Waals surface area contributed by atoms with Crippen LogP contribution in [0.15, 0.2) is 6.20 Å². The zero-order valence-corrected chi connectivity index (χ0v) is 13.2. The predicted octanol–water partition coefficient (Wildman–Crippen LogP) is 2.49. The lowest BCUT2D eigenvalue weighted by atomic mass is 9.91. The first-order chi connectivity index (χ1) is 10.3. The summed E-state index contributed by atoms with van der Waals surface area (Å²) in [4.78, 5) is 14.0. The molecular weight excluding hydrogens is 266 g/mol. The van der Waals surface area contributed by atoms with Crippen LogP contribution >= 0.6 is 0 Å². The van der Waals surface area contributed by atoms with E-state index in [-0.39, 0.29) is 12.5 Å². The van der Waals surface area contributed by atoms with Crippen LogP contribution in [0.3, 0.4) is 0 Å². The van der Waals surface area contributed by atoms with Crippen LogP contribution in [-0.2, 0) is 16.0 Å². The van der Waals surface area contributed by atoms with Crippen molar-refractivity contribution in [2.75, 3.05) is 26.3 Å². The molecule has 0 unspecified atom stereocenters. The summed E-state index contributed by atoms with van der Waals surface area (Å²) in [7, 11) is 0. The van der Waals surface area contributed by atoms with E-state index in [4.69, 9.17) is 4.74 Å². The summed E-state index contributed by atoms with van der Waals surface area (Å²) in [5.41, 5.74) is 2.58. The van der Waals surface area contributed by atoms with E-state index in [2.05, 4.69) is 24.0 Å². The van der Waals surface area contributed by atoms with Crippen LogP contribution in [0.2, 0.25) is 0 Å². The Balaban J connectivity index is 1.76. The van der Waals surface area contributed by atoms with Gasteiger partial charge in [-0.15, -0.1) is 0 Å². The third-order valence-electron chi connectivity index (χ3n) is 4.26. The number of likely N-dealkylation sites (tertiary alicyclic amines) is 1. The number of aryl methyl sites for hydroxylation is 1. The molecule has 1 aromatic rings. The van der Waals surface area contributed by atoms with E-state index in [0.29, 0.717) is 12.5 Å². The lowest BCUT2D eigenvalue weighted by molar-refractivity contribution is -0.137. The van der Waals surface area contributed by atoms with E-state index >= 15 is 0 Å². The van der Waals surface area contributed by atoms with E-state index in [1.165, 1.54) is 11.3 Å². The number of nitrogens with zero attached hydrogens (tertiary/aromatic N) is 2. The number of carbonyl (C=O) groups is 1. The maximum absolute atomic E-state index is 12.1. The van der Waals surface area contributed by atoms with E-state index in [9.17, 15) is 4.79 Å². The number of amides is 1. The molecule has 0 atom stereocenters. The second kappa shape index (κ2) is 8.17. The molecule has 2 heterocycles. The standard InChI is InChI=1S/C16H27N3O2/c1-3-5-10-21-12-15(20)19-8-6-14(7-9-19)16-13(4-2)11-17-18-16/h11,14H,3-10,12H2,1-2H3,(H,17,18). The molecule has 0 aromatic carbocycles. The molecule has 118 valence electrons. The molecule has 1 amide bonds. The summed E-state index contributed by atoms with van der Waals surface area (Å²) in [6, 6.07) is 0. The Morgan fingerprint density at radius 3 is 2.86 bits per heavy atom. The van der Waals surface area contributed by atoms with Gasteiger partial charge in [0.15, 0.2) is 0 Å². The van der Waals surface area contributed by atoms with Gasteiger partial charge in [-0.2, -0.15) is 5.10 Å². The van der Waals surface area contributed by atoms with Crippen molar-refractivity contribution in [1.29, 1.82) is 0 Å². The van der Waals surface area contributed by atoms with Crippen molar-refractivity contribution in [2.45, 2.75) is 51.9 Å². The first-order valence-corrected chi connectivity index (χ1v) is 8.13. The van der Waals surface area contributed by atoms with Gasteiger partial charge in [-0.05, 0) is 31.2 Å². The summed E-state index contributed by atoms with van der Waals surface area (Å²) < 4.78 is 5.42. The molecule has 1 aromatic heterocycles. The van der Waals surface area contributed by atoms with Crippen LogP contribution in [0, 0.1) is 0 Å². The van der Waals surface area contributed by atoms with Gasteiger partial charge in [0.25, 0.3) is 0 Å². The average molecular weight is 293 g/mol. The second-order valence-corrected chi connectivity index (χ2v) is 5.72. The Labute approximate surface area is 127 Å². The van der Waals surface area contributed by atoms with E-state index in [1.807, 2.05) is 11.1 Å². The van der Waals surface area contributed by atoms with Crippen molar-refractivity contribution < 1.29 is 9.53 Å². The molecule has 1 fully saturated rings. The van der Waals surface area contributed by atoms with Gasteiger partial charge < -0.3 is 9.64 Å². The molecule has 0 radical (unpaired) electrons. The molecule has 2 rings (SSSR count). The third-order valence-corrected chi connectivity index (χ3v) is 4.26. The van der Waals surface area contributed by atoms with Gasteiger partial charge in [-0.3, -0.25) is 9.89 Å². The molecule has 5 heteroatoms. The molecule has 0 saturated carbocycles. The fourth-order valence-corrected chi connectivity index (χ4v) is 2.87. The van der Waals surface area contributed by atoms with Crippen molar-refractivity contribution >= 4 is 5.91 Å². The molecule has 0 spiro atoms.